The van der Waals surface area contributed by atoms with Gasteiger partial charge in [-0.05, 0) is 66.4 Å². The second-order valence-corrected chi connectivity index (χ2v) is 12.1. The lowest BCUT2D eigenvalue weighted by Crippen LogP contribution is -2.50. The van der Waals surface area contributed by atoms with E-state index in [4.69, 9.17) is 0 Å². The molecule has 0 aromatic heterocycles. The molecule has 3 aromatic rings. The molecule has 200 valence electrons. The van der Waals surface area contributed by atoms with Crippen LogP contribution in [0.3, 0.4) is 0 Å². The summed E-state index contributed by atoms with van der Waals surface area (Å²) in [6.07, 6.45) is 0.964. The van der Waals surface area contributed by atoms with Gasteiger partial charge in [0, 0.05) is 36.2 Å². The van der Waals surface area contributed by atoms with Crippen LogP contribution in [-0.2, 0) is 10.0 Å². The number of sulfonamides is 1. The molecule has 1 aliphatic heterocycles. The van der Waals surface area contributed by atoms with Crippen molar-refractivity contribution in [3.8, 4) is 0 Å². The van der Waals surface area contributed by atoms with E-state index in [0.29, 0.717) is 16.0 Å². The molecule has 3 aromatic carbocycles. The third-order valence-corrected chi connectivity index (χ3v) is 9.18. The van der Waals surface area contributed by atoms with Gasteiger partial charge in [0.1, 0.15) is 5.82 Å². The lowest BCUT2D eigenvalue weighted by atomic mass is 9.99. The van der Waals surface area contributed by atoms with Crippen molar-refractivity contribution in [2.45, 2.75) is 31.1 Å². The molecular formula is C28H29BrFN3O4S. The molecule has 1 saturated heterocycles. The fourth-order valence-corrected chi connectivity index (χ4v) is 6.11. The molecule has 0 radical (unpaired) electrons. The first-order valence-electron chi connectivity index (χ1n) is 12.4. The summed E-state index contributed by atoms with van der Waals surface area (Å²) < 4.78 is 42.5. The number of halogens is 2. The molecule has 0 bridgehead atoms. The predicted octanol–water partition coefficient (Wildman–Crippen LogP) is 5.50. The summed E-state index contributed by atoms with van der Waals surface area (Å²) in [6.45, 7) is 4.77. The third kappa shape index (κ3) is 6.14. The number of amides is 2. The predicted molar refractivity (Wildman–Crippen MR) is 148 cm³/mol. The van der Waals surface area contributed by atoms with E-state index in [-0.39, 0.29) is 42.3 Å². The zero-order valence-corrected chi connectivity index (χ0v) is 23.6. The molecular weight excluding hydrogens is 573 g/mol. The van der Waals surface area contributed by atoms with Crippen LogP contribution in [0.25, 0.3) is 0 Å². The Balaban J connectivity index is 1.46. The fraction of sp³-hybridized carbons (Fsp3) is 0.286. The molecule has 10 heteroatoms. The minimum absolute atomic E-state index is 0.0522. The maximum absolute atomic E-state index is 14.0. The molecule has 1 aliphatic rings. The minimum Gasteiger partial charge on any atom is -0.336 e. The summed E-state index contributed by atoms with van der Waals surface area (Å²) in [4.78, 5) is 27.8. The molecule has 1 N–H and O–H groups in total. The largest absolute Gasteiger partial charge is 0.336 e. The Bertz CT molecular complexity index is 1440. The van der Waals surface area contributed by atoms with Crippen molar-refractivity contribution in [3.05, 3.63) is 93.7 Å². The second kappa shape index (κ2) is 11.8. The molecule has 1 fully saturated rings. The molecule has 1 atom stereocenters. The fourth-order valence-electron chi connectivity index (χ4n) is 4.29. The normalized spacial score (nSPS) is 15.2. The lowest BCUT2D eigenvalue weighted by molar-refractivity contribution is 0.0699. The van der Waals surface area contributed by atoms with Gasteiger partial charge >= 0.3 is 0 Å². The number of hydrogen-bond donors (Lipinski definition) is 1. The summed E-state index contributed by atoms with van der Waals surface area (Å²) in [7, 11) is -3.70. The standard InChI is InChI=1S/C28H29BrFN3O4S/c1-3-19(2)20-7-10-24(11-8-20)38(36,37)33-15-13-32(14-16-33)28(35)25-12-9-23(30)18-26(25)31-27(34)21-5-4-6-22(29)17-21/h4-12,17-19H,3,13-16H2,1-2H3,(H,31,34). The second-order valence-electron chi connectivity index (χ2n) is 9.23. The molecule has 38 heavy (non-hydrogen) atoms. The Morgan fingerprint density at radius 2 is 1.68 bits per heavy atom. The number of anilines is 1. The van der Waals surface area contributed by atoms with E-state index in [1.165, 1.54) is 15.3 Å². The zero-order chi connectivity index (χ0) is 27.4. The summed E-state index contributed by atoms with van der Waals surface area (Å²) in [5.74, 6) is -1.15. The highest BCUT2D eigenvalue weighted by atomic mass is 79.9. The number of piperazine rings is 1. The summed E-state index contributed by atoms with van der Waals surface area (Å²) in [6, 6.07) is 17.2. The average Bonchev–Trinajstić information content (AvgIpc) is 2.92. The van der Waals surface area contributed by atoms with Crippen molar-refractivity contribution >= 4 is 43.5 Å². The molecule has 2 amide bonds. The highest BCUT2D eigenvalue weighted by Crippen LogP contribution is 2.25. The van der Waals surface area contributed by atoms with E-state index in [1.54, 1.807) is 36.4 Å². The van der Waals surface area contributed by atoms with Crippen molar-refractivity contribution in [2.75, 3.05) is 31.5 Å². The van der Waals surface area contributed by atoms with Crippen LogP contribution in [-0.4, -0.2) is 55.6 Å². The number of hydrogen-bond acceptors (Lipinski definition) is 4. The molecule has 4 rings (SSSR count). The van der Waals surface area contributed by atoms with Gasteiger partial charge in [-0.15, -0.1) is 0 Å². The van der Waals surface area contributed by atoms with Gasteiger partial charge in [0.2, 0.25) is 10.0 Å². The van der Waals surface area contributed by atoms with Gasteiger partial charge in [0.05, 0.1) is 16.1 Å². The number of carbonyl (C=O) groups is 2. The Labute approximate surface area is 230 Å². The maximum Gasteiger partial charge on any atom is 0.256 e. The highest BCUT2D eigenvalue weighted by molar-refractivity contribution is 9.10. The lowest BCUT2D eigenvalue weighted by Gasteiger charge is -2.34. The molecule has 0 aliphatic carbocycles. The maximum atomic E-state index is 14.0. The van der Waals surface area contributed by atoms with Crippen LogP contribution in [0.1, 0.15) is 52.5 Å². The summed E-state index contributed by atoms with van der Waals surface area (Å²) in [5.41, 5.74) is 1.62. The third-order valence-electron chi connectivity index (χ3n) is 6.77. The van der Waals surface area contributed by atoms with Crippen LogP contribution >= 0.6 is 15.9 Å². The van der Waals surface area contributed by atoms with E-state index < -0.39 is 27.7 Å². The Morgan fingerprint density at radius 1 is 1.00 bits per heavy atom. The summed E-state index contributed by atoms with van der Waals surface area (Å²) >= 11 is 3.31. The van der Waals surface area contributed by atoms with Gasteiger partial charge in [-0.1, -0.05) is 48.0 Å². The van der Waals surface area contributed by atoms with E-state index in [2.05, 4.69) is 35.1 Å². The molecule has 0 saturated carbocycles. The van der Waals surface area contributed by atoms with Gasteiger partial charge in [0.25, 0.3) is 11.8 Å². The van der Waals surface area contributed by atoms with E-state index in [9.17, 15) is 22.4 Å². The van der Waals surface area contributed by atoms with Crippen LogP contribution in [0.4, 0.5) is 10.1 Å². The van der Waals surface area contributed by atoms with Crippen LogP contribution in [0.15, 0.2) is 76.1 Å². The molecule has 1 unspecified atom stereocenters. The van der Waals surface area contributed by atoms with Crippen LogP contribution in [0.5, 0.6) is 0 Å². The number of rotatable bonds is 7. The van der Waals surface area contributed by atoms with Gasteiger partial charge in [-0.3, -0.25) is 9.59 Å². The van der Waals surface area contributed by atoms with Crippen molar-refractivity contribution < 1.29 is 22.4 Å². The number of nitrogens with zero attached hydrogens (tertiary/aromatic N) is 2. The van der Waals surface area contributed by atoms with Crippen LogP contribution in [0.2, 0.25) is 0 Å². The van der Waals surface area contributed by atoms with Gasteiger partial charge in [-0.2, -0.15) is 4.31 Å². The number of carbonyl (C=O) groups excluding carboxylic acids is 2. The van der Waals surface area contributed by atoms with E-state index >= 15 is 0 Å². The zero-order valence-electron chi connectivity index (χ0n) is 21.2. The first-order chi connectivity index (χ1) is 18.1. The monoisotopic (exact) mass is 601 g/mol. The summed E-state index contributed by atoms with van der Waals surface area (Å²) in [5, 5.41) is 2.63. The average molecular weight is 603 g/mol. The van der Waals surface area contributed by atoms with Gasteiger partial charge < -0.3 is 10.2 Å². The first-order valence-corrected chi connectivity index (χ1v) is 14.6. The smallest absolute Gasteiger partial charge is 0.256 e. The SMILES string of the molecule is CCC(C)c1ccc(S(=O)(=O)N2CCN(C(=O)c3ccc(F)cc3NC(=O)c3cccc(Br)c3)CC2)cc1. The molecule has 1 heterocycles. The topological polar surface area (TPSA) is 86.8 Å². The van der Waals surface area contributed by atoms with E-state index in [0.717, 1.165) is 24.1 Å². The molecule has 7 nitrogen and oxygen atoms in total. The van der Waals surface area contributed by atoms with Gasteiger partial charge in [0.15, 0.2) is 0 Å². The van der Waals surface area contributed by atoms with Crippen LogP contribution < -0.4 is 5.32 Å². The Morgan fingerprint density at radius 3 is 2.32 bits per heavy atom. The highest BCUT2D eigenvalue weighted by Gasteiger charge is 2.31. The Kier molecular flexibility index (Phi) is 8.64. The van der Waals surface area contributed by atoms with Crippen molar-refractivity contribution in [2.24, 2.45) is 0 Å². The Hall–Kier alpha value is -3.08. The minimum atomic E-state index is -3.70. The van der Waals surface area contributed by atoms with Gasteiger partial charge in [-0.25, -0.2) is 12.8 Å². The molecule has 0 spiro atoms. The van der Waals surface area contributed by atoms with Crippen LogP contribution in [0, 0.1) is 5.82 Å². The van der Waals surface area contributed by atoms with Crippen molar-refractivity contribution in [1.29, 1.82) is 0 Å². The first kappa shape index (κ1) is 27.9. The quantitative estimate of drug-likeness (QED) is 0.387. The van der Waals surface area contributed by atoms with Crippen molar-refractivity contribution in [3.63, 3.8) is 0 Å². The van der Waals surface area contributed by atoms with E-state index in [1.807, 2.05) is 12.1 Å². The van der Waals surface area contributed by atoms with Crippen molar-refractivity contribution in [1.82, 2.24) is 9.21 Å². The number of benzene rings is 3. The number of nitrogens with one attached hydrogen (secondary N) is 1.